The van der Waals surface area contributed by atoms with Gasteiger partial charge in [-0.1, -0.05) is 6.92 Å². The number of hydrogen-bond acceptors (Lipinski definition) is 4. The molecule has 2 fully saturated rings. The molecular weight excluding hydrogens is 240 g/mol. The molecule has 0 aromatic carbocycles. The number of likely N-dealkylation sites (tertiary alicyclic amines) is 1. The second kappa shape index (κ2) is 7.82. The Bertz CT molecular complexity index is 273. The molecule has 1 atom stereocenters. The van der Waals surface area contributed by atoms with E-state index in [4.69, 9.17) is 0 Å². The lowest BCUT2D eigenvalue weighted by atomic mass is 10.1. The first-order chi connectivity index (χ1) is 9.24. The molecule has 2 rings (SSSR count). The van der Waals surface area contributed by atoms with Gasteiger partial charge in [-0.25, -0.2) is 0 Å². The largest absolute Gasteiger partial charge is 0.355 e. The maximum atomic E-state index is 11.9. The molecule has 0 bridgehead atoms. The first-order valence-corrected chi connectivity index (χ1v) is 7.66. The van der Waals surface area contributed by atoms with Gasteiger partial charge in [0.15, 0.2) is 0 Å². The molecule has 2 aliphatic rings. The van der Waals surface area contributed by atoms with E-state index in [1.165, 1.54) is 25.9 Å². The van der Waals surface area contributed by atoms with E-state index in [9.17, 15) is 4.79 Å². The number of rotatable bonds is 6. The number of hydrogen-bond donors (Lipinski definition) is 2. The van der Waals surface area contributed by atoms with Crippen LogP contribution in [-0.2, 0) is 4.79 Å². The molecule has 2 saturated heterocycles. The molecule has 110 valence electrons. The average molecular weight is 268 g/mol. The van der Waals surface area contributed by atoms with Crippen LogP contribution < -0.4 is 10.6 Å². The van der Waals surface area contributed by atoms with Crippen molar-refractivity contribution in [3.05, 3.63) is 0 Å². The Hall–Kier alpha value is -0.650. The van der Waals surface area contributed by atoms with Crippen LogP contribution in [0, 0.1) is 5.92 Å². The van der Waals surface area contributed by atoms with Crippen molar-refractivity contribution in [1.82, 2.24) is 20.4 Å². The lowest BCUT2D eigenvalue weighted by Gasteiger charge is -2.27. The summed E-state index contributed by atoms with van der Waals surface area (Å²) in [5.41, 5.74) is 0. The fourth-order valence-corrected chi connectivity index (χ4v) is 2.89. The van der Waals surface area contributed by atoms with Crippen molar-refractivity contribution in [2.75, 3.05) is 58.9 Å². The Labute approximate surface area is 116 Å². The number of nitrogens with zero attached hydrogens (tertiary/aromatic N) is 2. The predicted octanol–water partition coefficient (Wildman–Crippen LogP) is -0.260. The SMILES string of the molecule is CC(CNC(=O)CN1CCNCC1)CN1CCCC1. The predicted molar refractivity (Wildman–Crippen MR) is 77.2 cm³/mol. The summed E-state index contributed by atoms with van der Waals surface area (Å²) in [5, 5.41) is 6.38. The van der Waals surface area contributed by atoms with Gasteiger partial charge in [0, 0.05) is 39.3 Å². The van der Waals surface area contributed by atoms with Gasteiger partial charge in [0.05, 0.1) is 6.54 Å². The van der Waals surface area contributed by atoms with Crippen LogP contribution in [0.2, 0.25) is 0 Å². The summed E-state index contributed by atoms with van der Waals surface area (Å²) in [7, 11) is 0. The Morgan fingerprint density at radius 2 is 1.84 bits per heavy atom. The van der Waals surface area contributed by atoms with Crippen LogP contribution in [-0.4, -0.2) is 74.6 Å². The summed E-state index contributed by atoms with van der Waals surface area (Å²) in [6.07, 6.45) is 2.67. The van der Waals surface area contributed by atoms with Gasteiger partial charge >= 0.3 is 0 Å². The first kappa shape index (κ1) is 14.8. The van der Waals surface area contributed by atoms with E-state index < -0.39 is 0 Å². The van der Waals surface area contributed by atoms with Crippen LogP contribution in [0.1, 0.15) is 19.8 Å². The van der Waals surface area contributed by atoms with Crippen LogP contribution >= 0.6 is 0 Å². The second-order valence-corrected chi connectivity index (χ2v) is 5.94. The van der Waals surface area contributed by atoms with Gasteiger partial charge in [-0.05, 0) is 31.8 Å². The molecule has 2 N–H and O–H groups in total. The molecule has 2 aliphatic heterocycles. The number of amides is 1. The van der Waals surface area contributed by atoms with Crippen molar-refractivity contribution in [3.8, 4) is 0 Å². The summed E-state index contributed by atoms with van der Waals surface area (Å²) >= 11 is 0. The summed E-state index contributed by atoms with van der Waals surface area (Å²) in [5.74, 6) is 0.722. The van der Waals surface area contributed by atoms with Crippen molar-refractivity contribution in [2.24, 2.45) is 5.92 Å². The highest BCUT2D eigenvalue weighted by molar-refractivity contribution is 5.78. The smallest absolute Gasteiger partial charge is 0.234 e. The van der Waals surface area contributed by atoms with Crippen LogP contribution in [0.25, 0.3) is 0 Å². The van der Waals surface area contributed by atoms with Gasteiger partial charge < -0.3 is 15.5 Å². The molecular formula is C14H28N4O. The van der Waals surface area contributed by atoms with Gasteiger partial charge in [0.1, 0.15) is 0 Å². The van der Waals surface area contributed by atoms with E-state index in [2.05, 4.69) is 27.4 Å². The minimum absolute atomic E-state index is 0.176. The molecule has 0 saturated carbocycles. The Balaban J connectivity index is 1.56. The molecule has 2 heterocycles. The minimum Gasteiger partial charge on any atom is -0.355 e. The van der Waals surface area contributed by atoms with Crippen molar-refractivity contribution < 1.29 is 4.79 Å². The zero-order valence-corrected chi connectivity index (χ0v) is 12.2. The molecule has 1 amide bonds. The van der Waals surface area contributed by atoms with Gasteiger partial charge in [-0.3, -0.25) is 9.69 Å². The van der Waals surface area contributed by atoms with Crippen molar-refractivity contribution >= 4 is 5.91 Å². The highest BCUT2D eigenvalue weighted by Gasteiger charge is 2.16. The quantitative estimate of drug-likeness (QED) is 0.697. The van der Waals surface area contributed by atoms with Crippen LogP contribution in [0.5, 0.6) is 0 Å². The first-order valence-electron chi connectivity index (χ1n) is 7.66. The van der Waals surface area contributed by atoms with Crippen LogP contribution in [0.15, 0.2) is 0 Å². The van der Waals surface area contributed by atoms with E-state index in [0.717, 1.165) is 39.3 Å². The molecule has 0 radical (unpaired) electrons. The normalized spacial score (nSPS) is 23.4. The summed E-state index contributed by atoms with van der Waals surface area (Å²) in [6, 6.07) is 0. The zero-order valence-electron chi connectivity index (χ0n) is 12.2. The van der Waals surface area contributed by atoms with Gasteiger partial charge in [-0.2, -0.15) is 0 Å². The molecule has 0 aromatic heterocycles. The van der Waals surface area contributed by atoms with Gasteiger partial charge in [0.2, 0.25) is 5.91 Å². The Morgan fingerprint density at radius 1 is 1.16 bits per heavy atom. The Morgan fingerprint density at radius 3 is 2.53 bits per heavy atom. The fraction of sp³-hybridized carbons (Fsp3) is 0.929. The highest BCUT2D eigenvalue weighted by atomic mass is 16.2. The summed E-state index contributed by atoms with van der Waals surface area (Å²) < 4.78 is 0. The molecule has 0 aliphatic carbocycles. The molecule has 1 unspecified atom stereocenters. The van der Waals surface area contributed by atoms with Crippen LogP contribution in [0.4, 0.5) is 0 Å². The molecule has 19 heavy (non-hydrogen) atoms. The van der Waals surface area contributed by atoms with E-state index in [1.807, 2.05) is 0 Å². The number of carbonyl (C=O) groups excluding carboxylic acids is 1. The average Bonchev–Trinajstić information content (AvgIpc) is 2.90. The monoisotopic (exact) mass is 268 g/mol. The van der Waals surface area contributed by atoms with Gasteiger partial charge in [-0.15, -0.1) is 0 Å². The third-order valence-electron chi connectivity index (χ3n) is 3.99. The maximum Gasteiger partial charge on any atom is 0.234 e. The standard InChI is InChI=1S/C14H28N4O/c1-13(11-17-6-2-3-7-17)10-16-14(19)12-18-8-4-15-5-9-18/h13,15H,2-12H2,1H3,(H,16,19). The third kappa shape index (κ3) is 5.47. The van der Waals surface area contributed by atoms with E-state index >= 15 is 0 Å². The van der Waals surface area contributed by atoms with E-state index in [-0.39, 0.29) is 5.91 Å². The van der Waals surface area contributed by atoms with Crippen molar-refractivity contribution in [3.63, 3.8) is 0 Å². The third-order valence-corrected chi connectivity index (χ3v) is 3.99. The minimum atomic E-state index is 0.176. The lowest BCUT2D eigenvalue weighted by molar-refractivity contribution is -0.122. The fourth-order valence-electron chi connectivity index (χ4n) is 2.89. The lowest BCUT2D eigenvalue weighted by Crippen LogP contribution is -2.48. The maximum absolute atomic E-state index is 11.9. The van der Waals surface area contributed by atoms with Crippen molar-refractivity contribution in [1.29, 1.82) is 0 Å². The topological polar surface area (TPSA) is 47.6 Å². The molecule has 0 aromatic rings. The number of carbonyl (C=O) groups is 1. The van der Waals surface area contributed by atoms with Crippen molar-refractivity contribution in [2.45, 2.75) is 19.8 Å². The van der Waals surface area contributed by atoms with E-state index in [1.54, 1.807) is 0 Å². The number of piperazine rings is 1. The molecule has 0 spiro atoms. The van der Waals surface area contributed by atoms with Crippen LogP contribution in [0.3, 0.4) is 0 Å². The Kier molecular flexibility index (Phi) is 6.07. The second-order valence-electron chi connectivity index (χ2n) is 5.94. The summed E-state index contributed by atoms with van der Waals surface area (Å²) in [4.78, 5) is 16.6. The molecule has 5 heteroatoms. The van der Waals surface area contributed by atoms with E-state index in [0.29, 0.717) is 12.5 Å². The molecule has 5 nitrogen and oxygen atoms in total. The number of nitrogens with one attached hydrogen (secondary N) is 2. The van der Waals surface area contributed by atoms with Gasteiger partial charge in [0.25, 0.3) is 0 Å². The summed E-state index contributed by atoms with van der Waals surface area (Å²) in [6.45, 7) is 11.1. The zero-order chi connectivity index (χ0) is 13.5. The highest BCUT2D eigenvalue weighted by Crippen LogP contribution is 2.09.